The molecule has 0 aromatic carbocycles. The van der Waals surface area contributed by atoms with Crippen molar-refractivity contribution in [2.45, 2.75) is 18.9 Å². The molecule has 1 N–H and O–H groups in total. The van der Waals surface area contributed by atoms with Crippen molar-refractivity contribution in [2.75, 3.05) is 13.2 Å². The molecular weight excluding hydrogens is 280 g/mol. The summed E-state index contributed by atoms with van der Waals surface area (Å²) >= 11 is 6.82. The molecule has 2 aliphatic heterocycles. The number of hydrogen-bond acceptors (Lipinski definition) is 4. The van der Waals surface area contributed by atoms with E-state index in [0.717, 1.165) is 24.3 Å². The second-order valence-electron chi connectivity index (χ2n) is 4.55. The van der Waals surface area contributed by atoms with E-state index in [1.165, 1.54) is 0 Å². The standard InChI is InChI=1S/C13H14N2O2S2/c16-12-11(7-10-4-2-6-19-10)14-13(18)15(12)8-9-3-1-5-17-9/h2,4,6-7,9H,1,3,5,8H2,(H,14,18). The summed E-state index contributed by atoms with van der Waals surface area (Å²) in [7, 11) is 0. The van der Waals surface area contributed by atoms with Gasteiger partial charge in [-0.15, -0.1) is 11.3 Å². The molecule has 2 aliphatic rings. The van der Waals surface area contributed by atoms with E-state index >= 15 is 0 Å². The van der Waals surface area contributed by atoms with Crippen LogP contribution in [0, 0.1) is 0 Å². The van der Waals surface area contributed by atoms with Gasteiger partial charge < -0.3 is 10.1 Å². The van der Waals surface area contributed by atoms with Gasteiger partial charge in [0.1, 0.15) is 5.70 Å². The van der Waals surface area contributed by atoms with Gasteiger partial charge in [-0.1, -0.05) is 6.07 Å². The van der Waals surface area contributed by atoms with Gasteiger partial charge in [0.15, 0.2) is 5.11 Å². The summed E-state index contributed by atoms with van der Waals surface area (Å²) in [6.07, 6.45) is 4.01. The van der Waals surface area contributed by atoms with E-state index in [0.29, 0.717) is 17.4 Å². The maximum atomic E-state index is 12.3. The molecule has 2 saturated heterocycles. The lowest BCUT2D eigenvalue weighted by atomic mass is 10.2. The van der Waals surface area contributed by atoms with Gasteiger partial charge >= 0.3 is 0 Å². The smallest absolute Gasteiger partial charge is 0.276 e. The second-order valence-corrected chi connectivity index (χ2v) is 5.92. The van der Waals surface area contributed by atoms with E-state index in [9.17, 15) is 4.79 Å². The van der Waals surface area contributed by atoms with Crippen LogP contribution in [0.5, 0.6) is 0 Å². The minimum atomic E-state index is -0.0612. The van der Waals surface area contributed by atoms with Crippen LogP contribution in [0.4, 0.5) is 0 Å². The first-order valence-corrected chi connectivity index (χ1v) is 7.52. The van der Waals surface area contributed by atoms with Crippen LogP contribution < -0.4 is 5.32 Å². The summed E-state index contributed by atoms with van der Waals surface area (Å²) in [6, 6.07) is 3.93. The van der Waals surface area contributed by atoms with Crippen molar-refractivity contribution in [3.05, 3.63) is 28.1 Å². The van der Waals surface area contributed by atoms with Crippen molar-refractivity contribution in [3.8, 4) is 0 Å². The largest absolute Gasteiger partial charge is 0.376 e. The minimum absolute atomic E-state index is 0.0612. The minimum Gasteiger partial charge on any atom is -0.376 e. The number of nitrogens with zero attached hydrogens (tertiary/aromatic N) is 1. The Hall–Kier alpha value is -1.24. The number of nitrogens with one attached hydrogen (secondary N) is 1. The molecule has 100 valence electrons. The highest BCUT2D eigenvalue weighted by molar-refractivity contribution is 7.80. The lowest BCUT2D eigenvalue weighted by Crippen LogP contribution is -2.37. The summed E-state index contributed by atoms with van der Waals surface area (Å²) in [5, 5.41) is 5.44. The number of rotatable bonds is 3. The van der Waals surface area contributed by atoms with E-state index in [-0.39, 0.29) is 12.0 Å². The molecule has 0 aliphatic carbocycles. The molecule has 0 radical (unpaired) electrons. The Morgan fingerprint density at radius 2 is 2.53 bits per heavy atom. The average molecular weight is 294 g/mol. The van der Waals surface area contributed by atoms with Crippen LogP contribution in [-0.4, -0.2) is 35.2 Å². The Balaban J connectivity index is 1.73. The van der Waals surface area contributed by atoms with Gasteiger partial charge in [-0.3, -0.25) is 9.69 Å². The molecular formula is C13H14N2O2S2. The maximum absolute atomic E-state index is 12.3. The molecule has 3 heterocycles. The normalized spacial score (nSPS) is 25.4. The fourth-order valence-electron chi connectivity index (χ4n) is 2.25. The van der Waals surface area contributed by atoms with Crippen molar-refractivity contribution < 1.29 is 9.53 Å². The molecule has 3 rings (SSSR count). The summed E-state index contributed by atoms with van der Waals surface area (Å²) in [5.41, 5.74) is 0.547. The molecule has 1 unspecified atom stereocenters. The fourth-order valence-corrected chi connectivity index (χ4v) is 3.17. The third kappa shape index (κ3) is 2.70. The Morgan fingerprint density at radius 1 is 1.63 bits per heavy atom. The zero-order valence-electron chi connectivity index (χ0n) is 10.3. The second kappa shape index (κ2) is 5.40. The highest BCUT2D eigenvalue weighted by Gasteiger charge is 2.33. The predicted molar refractivity (Wildman–Crippen MR) is 78.7 cm³/mol. The number of carbonyl (C=O) groups excluding carboxylic acids is 1. The molecule has 0 saturated carbocycles. The van der Waals surface area contributed by atoms with Gasteiger partial charge in [-0.2, -0.15) is 0 Å². The molecule has 1 aromatic rings. The molecule has 4 nitrogen and oxygen atoms in total. The van der Waals surface area contributed by atoms with Crippen LogP contribution in [0.25, 0.3) is 6.08 Å². The first-order chi connectivity index (χ1) is 9.24. The maximum Gasteiger partial charge on any atom is 0.276 e. The molecule has 19 heavy (non-hydrogen) atoms. The van der Waals surface area contributed by atoms with Crippen molar-refractivity contribution in [2.24, 2.45) is 0 Å². The van der Waals surface area contributed by atoms with E-state index in [2.05, 4.69) is 5.32 Å². The van der Waals surface area contributed by atoms with Crippen LogP contribution in [0.1, 0.15) is 17.7 Å². The Kier molecular flexibility index (Phi) is 3.63. The van der Waals surface area contributed by atoms with Gasteiger partial charge in [0.05, 0.1) is 12.6 Å². The summed E-state index contributed by atoms with van der Waals surface area (Å²) in [5.74, 6) is -0.0612. The predicted octanol–water partition coefficient (Wildman–Crippen LogP) is 1.98. The van der Waals surface area contributed by atoms with E-state index < -0.39 is 0 Å². The number of hydrogen-bond donors (Lipinski definition) is 1. The monoisotopic (exact) mass is 294 g/mol. The van der Waals surface area contributed by atoms with Gasteiger partial charge in [-0.05, 0) is 42.6 Å². The Labute approximate surface area is 121 Å². The van der Waals surface area contributed by atoms with Gasteiger partial charge in [-0.25, -0.2) is 0 Å². The van der Waals surface area contributed by atoms with Crippen LogP contribution >= 0.6 is 23.6 Å². The highest BCUT2D eigenvalue weighted by atomic mass is 32.1. The number of amides is 1. The number of thiocarbonyl (C=S) groups is 1. The summed E-state index contributed by atoms with van der Waals surface area (Å²) in [4.78, 5) is 14.9. The third-order valence-corrected chi connectivity index (χ3v) is 4.34. The number of ether oxygens (including phenoxy) is 1. The molecule has 1 amide bonds. The molecule has 0 bridgehead atoms. The van der Waals surface area contributed by atoms with E-state index in [4.69, 9.17) is 17.0 Å². The van der Waals surface area contributed by atoms with Crippen molar-refractivity contribution in [3.63, 3.8) is 0 Å². The lowest BCUT2D eigenvalue weighted by Gasteiger charge is -2.18. The topological polar surface area (TPSA) is 41.6 Å². The van der Waals surface area contributed by atoms with Crippen LogP contribution in [0.3, 0.4) is 0 Å². The van der Waals surface area contributed by atoms with Crippen molar-refractivity contribution >= 4 is 40.7 Å². The zero-order chi connectivity index (χ0) is 13.2. The fraction of sp³-hybridized carbons (Fsp3) is 0.385. The molecule has 1 aromatic heterocycles. The molecule has 2 fully saturated rings. The lowest BCUT2D eigenvalue weighted by molar-refractivity contribution is -0.123. The Morgan fingerprint density at radius 3 is 3.21 bits per heavy atom. The zero-order valence-corrected chi connectivity index (χ0v) is 11.9. The highest BCUT2D eigenvalue weighted by Crippen LogP contribution is 2.20. The first-order valence-electron chi connectivity index (χ1n) is 6.24. The SMILES string of the molecule is O=C1C(=Cc2cccs2)NC(=S)N1CC1CCCO1. The van der Waals surface area contributed by atoms with E-state index in [1.54, 1.807) is 16.2 Å². The molecule has 1 atom stereocenters. The quantitative estimate of drug-likeness (QED) is 0.684. The van der Waals surface area contributed by atoms with Gasteiger partial charge in [0.25, 0.3) is 5.91 Å². The third-order valence-electron chi connectivity index (χ3n) is 3.20. The van der Waals surface area contributed by atoms with Crippen molar-refractivity contribution in [1.82, 2.24) is 10.2 Å². The van der Waals surface area contributed by atoms with Crippen LogP contribution in [0.2, 0.25) is 0 Å². The number of thiophene rings is 1. The average Bonchev–Trinajstić information content (AvgIpc) is 3.10. The van der Waals surface area contributed by atoms with Gasteiger partial charge in [0.2, 0.25) is 0 Å². The summed E-state index contributed by atoms with van der Waals surface area (Å²) in [6.45, 7) is 1.33. The number of carbonyl (C=O) groups is 1. The Bertz CT molecular complexity index is 519. The van der Waals surface area contributed by atoms with E-state index in [1.807, 2.05) is 23.6 Å². The van der Waals surface area contributed by atoms with Gasteiger partial charge in [0, 0.05) is 11.5 Å². The van der Waals surface area contributed by atoms with Crippen molar-refractivity contribution in [1.29, 1.82) is 0 Å². The molecule has 0 spiro atoms. The molecule has 6 heteroatoms. The van der Waals surface area contributed by atoms with Crippen LogP contribution in [0.15, 0.2) is 23.2 Å². The first kappa shape index (κ1) is 12.8. The summed E-state index contributed by atoms with van der Waals surface area (Å²) < 4.78 is 5.55. The van der Waals surface area contributed by atoms with Crippen LogP contribution in [-0.2, 0) is 9.53 Å².